The van der Waals surface area contributed by atoms with Crippen molar-refractivity contribution in [3.8, 4) is 5.75 Å². The Labute approximate surface area is 197 Å². The van der Waals surface area contributed by atoms with Crippen LogP contribution in [0.3, 0.4) is 0 Å². The molecule has 0 radical (unpaired) electrons. The Balaban J connectivity index is 1.19. The SMILES string of the molecule is COc1cccc2nn(CC(=O)C3CCC4C5CCC6CC(C)CCC6C5CCC34C)nc12. The molecule has 178 valence electrons. The molecule has 8 atom stereocenters. The number of ether oxygens (including phenoxy) is 1. The summed E-state index contributed by atoms with van der Waals surface area (Å²) in [7, 11) is 1.65. The number of benzene rings is 1. The number of carbonyl (C=O) groups is 1. The van der Waals surface area contributed by atoms with Gasteiger partial charge in [0.2, 0.25) is 0 Å². The molecule has 0 aliphatic heterocycles. The first kappa shape index (κ1) is 21.6. The summed E-state index contributed by atoms with van der Waals surface area (Å²) in [6.07, 6.45) is 12.1. The quantitative estimate of drug-likeness (QED) is 0.582. The lowest BCUT2D eigenvalue weighted by atomic mass is 9.49. The molecule has 4 aliphatic rings. The van der Waals surface area contributed by atoms with E-state index in [4.69, 9.17) is 4.74 Å². The number of hydrogen-bond acceptors (Lipinski definition) is 4. The van der Waals surface area contributed by atoms with Gasteiger partial charge in [0.05, 0.1) is 7.11 Å². The minimum Gasteiger partial charge on any atom is -0.494 e. The molecule has 0 spiro atoms. The fourth-order valence-corrected chi connectivity index (χ4v) is 9.06. The van der Waals surface area contributed by atoms with E-state index in [0.29, 0.717) is 11.5 Å². The number of ketones is 1. The molecule has 4 fully saturated rings. The Morgan fingerprint density at radius 1 is 1.06 bits per heavy atom. The summed E-state index contributed by atoms with van der Waals surface area (Å²) in [6, 6.07) is 5.75. The van der Waals surface area contributed by atoms with Gasteiger partial charge in [-0.2, -0.15) is 9.90 Å². The Morgan fingerprint density at radius 3 is 2.76 bits per heavy atom. The molecular formula is C28H39N3O2. The van der Waals surface area contributed by atoms with Crippen LogP contribution in [0.5, 0.6) is 5.75 Å². The normalized spacial score (nSPS) is 40.2. The van der Waals surface area contributed by atoms with Gasteiger partial charge in [-0.15, -0.1) is 5.10 Å². The zero-order valence-corrected chi connectivity index (χ0v) is 20.5. The Morgan fingerprint density at radius 2 is 1.91 bits per heavy atom. The Bertz CT molecular complexity index is 1050. The largest absolute Gasteiger partial charge is 0.494 e. The number of carbonyl (C=O) groups excluding carboxylic acids is 1. The van der Waals surface area contributed by atoms with E-state index in [1.807, 2.05) is 18.2 Å². The van der Waals surface area contributed by atoms with E-state index < -0.39 is 0 Å². The molecule has 2 aromatic rings. The van der Waals surface area contributed by atoms with Gasteiger partial charge < -0.3 is 4.74 Å². The van der Waals surface area contributed by atoms with E-state index in [1.165, 1.54) is 51.4 Å². The highest BCUT2D eigenvalue weighted by molar-refractivity contribution is 5.83. The van der Waals surface area contributed by atoms with E-state index in [0.717, 1.165) is 53.0 Å². The van der Waals surface area contributed by atoms with E-state index >= 15 is 0 Å². The number of hydrogen-bond donors (Lipinski definition) is 0. The lowest BCUT2D eigenvalue weighted by Crippen LogP contribution is -2.49. The van der Waals surface area contributed by atoms with Crippen LogP contribution in [0.25, 0.3) is 11.0 Å². The van der Waals surface area contributed by atoms with E-state index in [2.05, 4.69) is 24.0 Å². The van der Waals surface area contributed by atoms with Crippen LogP contribution in [0, 0.1) is 46.8 Å². The highest BCUT2D eigenvalue weighted by Gasteiger charge is 2.58. The Hall–Kier alpha value is -1.91. The van der Waals surface area contributed by atoms with E-state index in [9.17, 15) is 4.79 Å². The second-order valence-corrected chi connectivity index (χ2v) is 12.1. The van der Waals surface area contributed by atoms with Gasteiger partial charge >= 0.3 is 0 Å². The monoisotopic (exact) mass is 449 g/mol. The predicted octanol–water partition coefficient (Wildman–Crippen LogP) is 5.91. The molecule has 4 aliphatic carbocycles. The average molecular weight is 450 g/mol. The third kappa shape index (κ3) is 3.44. The molecule has 33 heavy (non-hydrogen) atoms. The number of nitrogens with zero attached hydrogens (tertiary/aromatic N) is 3. The molecule has 4 saturated carbocycles. The molecule has 0 saturated heterocycles. The maximum absolute atomic E-state index is 13.6. The number of fused-ring (bicyclic) bond motifs is 6. The summed E-state index contributed by atoms with van der Waals surface area (Å²) >= 11 is 0. The zero-order chi connectivity index (χ0) is 22.7. The van der Waals surface area contributed by atoms with Crippen LogP contribution in [0.15, 0.2) is 18.2 Å². The first-order valence-corrected chi connectivity index (χ1v) is 13.4. The van der Waals surface area contributed by atoms with Crippen LogP contribution >= 0.6 is 0 Å². The van der Waals surface area contributed by atoms with Crippen molar-refractivity contribution < 1.29 is 9.53 Å². The first-order valence-electron chi connectivity index (χ1n) is 13.4. The zero-order valence-electron chi connectivity index (χ0n) is 20.5. The fraction of sp³-hybridized carbons (Fsp3) is 0.750. The fourth-order valence-electron chi connectivity index (χ4n) is 9.06. The summed E-state index contributed by atoms with van der Waals surface area (Å²) in [5, 5.41) is 9.18. The van der Waals surface area contributed by atoms with Crippen LogP contribution < -0.4 is 4.74 Å². The summed E-state index contributed by atoms with van der Waals surface area (Å²) in [5.41, 5.74) is 1.69. The minimum atomic E-state index is 0.156. The highest BCUT2D eigenvalue weighted by Crippen LogP contribution is 2.64. The van der Waals surface area contributed by atoms with E-state index in [1.54, 1.807) is 11.9 Å². The third-order valence-electron chi connectivity index (χ3n) is 10.5. The number of Topliss-reactive ketones (excluding diaryl/α,β-unsaturated/α-hetero) is 1. The summed E-state index contributed by atoms with van der Waals surface area (Å²) in [5.74, 6) is 6.59. The van der Waals surface area contributed by atoms with Crippen molar-refractivity contribution in [2.45, 2.75) is 78.2 Å². The van der Waals surface area contributed by atoms with Crippen molar-refractivity contribution in [3.05, 3.63) is 18.2 Å². The molecule has 1 heterocycles. The molecule has 1 aromatic carbocycles. The molecule has 8 unspecified atom stereocenters. The predicted molar refractivity (Wildman–Crippen MR) is 129 cm³/mol. The van der Waals surface area contributed by atoms with Gasteiger partial charge in [-0.1, -0.05) is 26.3 Å². The lowest BCUT2D eigenvalue weighted by Gasteiger charge is -2.56. The molecule has 0 bridgehead atoms. The van der Waals surface area contributed by atoms with Crippen LogP contribution in [0.2, 0.25) is 0 Å². The molecule has 5 heteroatoms. The van der Waals surface area contributed by atoms with Gasteiger partial charge in [-0.3, -0.25) is 4.79 Å². The first-order chi connectivity index (χ1) is 16.0. The lowest BCUT2D eigenvalue weighted by molar-refractivity contribution is -0.131. The molecule has 1 aromatic heterocycles. The minimum absolute atomic E-state index is 0.156. The van der Waals surface area contributed by atoms with Crippen molar-refractivity contribution in [2.75, 3.05) is 7.11 Å². The second kappa shape index (κ2) is 8.09. The van der Waals surface area contributed by atoms with Gasteiger partial charge in [-0.25, -0.2) is 0 Å². The van der Waals surface area contributed by atoms with Gasteiger partial charge in [0.25, 0.3) is 0 Å². The molecule has 6 rings (SSSR count). The summed E-state index contributed by atoms with van der Waals surface area (Å²) < 4.78 is 5.43. The molecule has 0 N–H and O–H groups in total. The number of methoxy groups -OCH3 is 1. The Kier molecular flexibility index (Phi) is 5.30. The molecule has 5 nitrogen and oxygen atoms in total. The second-order valence-electron chi connectivity index (χ2n) is 12.1. The topological polar surface area (TPSA) is 57.0 Å². The maximum atomic E-state index is 13.6. The van der Waals surface area contributed by atoms with E-state index in [-0.39, 0.29) is 17.9 Å². The standard InChI is InChI=1S/C28H39N3O2/c1-17-7-9-19-18(15-17)8-10-21-20(19)13-14-28(2)22(21)11-12-23(28)25(32)16-31-29-24-5-4-6-26(33-3)27(24)30-31/h4-6,17-23H,7-16H2,1-3H3. The van der Waals surface area contributed by atoms with Crippen LogP contribution in [-0.4, -0.2) is 27.9 Å². The number of rotatable bonds is 4. The number of aromatic nitrogens is 3. The van der Waals surface area contributed by atoms with Crippen molar-refractivity contribution in [1.82, 2.24) is 15.0 Å². The van der Waals surface area contributed by atoms with Crippen molar-refractivity contribution in [2.24, 2.45) is 46.8 Å². The van der Waals surface area contributed by atoms with Crippen molar-refractivity contribution in [1.29, 1.82) is 0 Å². The molecular weight excluding hydrogens is 410 g/mol. The van der Waals surface area contributed by atoms with Crippen LogP contribution in [0.4, 0.5) is 0 Å². The van der Waals surface area contributed by atoms with Gasteiger partial charge in [0.1, 0.15) is 17.8 Å². The summed E-state index contributed by atoms with van der Waals surface area (Å²) in [4.78, 5) is 15.2. The summed E-state index contributed by atoms with van der Waals surface area (Å²) in [6.45, 7) is 5.19. The molecule has 0 amide bonds. The van der Waals surface area contributed by atoms with Gasteiger partial charge in [-0.05, 0) is 104 Å². The third-order valence-corrected chi connectivity index (χ3v) is 10.5. The van der Waals surface area contributed by atoms with Crippen molar-refractivity contribution in [3.63, 3.8) is 0 Å². The maximum Gasteiger partial charge on any atom is 0.159 e. The van der Waals surface area contributed by atoms with Crippen LogP contribution in [0.1, 0.15) is 71.6 Å². The average Bonchev–Trinajstić information content (AvgIpc) is 3.38. The van der Waals surface area contributed by atoms with Gasteiger partial charge in [0, 0.05) is 5.92 Å². The van der Waals surface area contributed by atoms with Crippen LogP contribution in [-0.2, 0) is 11.3 Å². The van der Waals surface area contributed by atoms with Gasteiger partial charge in [0.15, 0.2) is 11.3 Å². The highest BCUT2D eigenvalue weighted by atomic mass is 16.5. The smallest absolute Gasteiger partial charge is 0.159 e. The van der Waals surface area contributed by atoms with Crippen molar-refractivity contribution >= 4 is 16.8 Å².